The molecular weight excluding hydrogens is 122 g/mol. The van der Waals surface area contributed by atoms with Crippen LogP contribution in [0.2, 0.25) is 0 Å². The van der Waals surface area contributed by atoms with Gasteiger partial charge in [0.15, 0.2) is 0 Å². The van der Waals surface area contributed by atoms with Crippen LogP contribution in [-0.4, -0.2) is 6.04 Å². The summed E-state index contributed by atoms with van der Waals surface area (Å²) >= 11 is 0. The molecule has 0 spiro atoms. The highest BCUT2D eigenvalue weighted by Gasteiger charge is 2.54. The zero-order valence-corrected chi connectivity index (χ0v) is 6.29. The molecule has 0 aliphatic heterocycles. The van der Waals surface area contributed by atoms with Crippen molar-refractivity contribution in [2.24, 2.45) is 29.4 Å². The molecule has 56 valence electrons. The van der Waals surface area contributed by atoms with E-state index in [2.05, 4.69) is 0 Å². The molecule has 0 amide bonds. The minimum Gasteiger partial charge on any atom is -0.327 e. The highest BCUT2D eigenvalue weighted by atomic mass is 14.8. The molecule has 10 heavy (non-hydrogen) atoms. The molecule has 5 unspecified atom stereocenters. The summed E-state index contributed by atoms with van der Waals surface area (Å²) in [7, 11) is 0. The van der Waals surface area contributed by atoms with Crippen LogP contribution in [0.5, 0.6) is 0 Å². The van der Waals surface area contributed by atoms with Crippen molar-refractivity contribution in [2.45, 2.75) is 31.7 Å². The zero-order chi connectivity index (χ0) is 6.72. The summed E-state index contributed by atoms with van der Waals surface area (Å²) < 4.78 is 0. The fourth-order valence-corrected chi connectivity index (χ4v) is 3.63. The molecule has 0 aromatic heterocycles. The molecule has 0 aromatic rings. The fraction of sp³-hybridized carbons (Fsp3) is 1.00. The van der Waals surface area contributed by atoms with E-state index in [1.807, 2.05) is 0 Å². The number of hydrogen-bond acceptors (Lipinski definition) is 1. The summed E-state index contributed by atoms with van der Waals surface area (Å²) in [5, 5.41) is 0. The molecular formula is C9H15N. The van der Waals surface area contributed by atoms with E-state index < -0.39 is 0 Å². The van der Waals surface area contributed by atoms with Crippen LogP contribution in [0.4, 0.5) is 0 Å². The highest BCUT2D eigenvalue weighted by molar-refractivity contribution is 5.06. The standard InChI is InChI=1S/C9H15N/c10-9-5-1-2-7-6(3-5)4-8(7)9/h5-9H,1-4,10H2. The summed E-state index contributed by atoms with van der Waals surface area (Å²) in [6, 6.07) is 0.601. The van der Waals surface area contributed by atoms with Crippen molar-refractivity contribution < 1.29 is 0 Å². The Labute approximate surface area is 62.0 Å². The number of nitrogens with two attached hydrogens (primary N) is 1. The van der Waals surface area contributed by atoms with Gasteiger partial charge >= 0.3 is 0 Å². The van der Waals surface area contributed by atoms with Gasteiger partial charge in [0.2, 0.25) is 0 Å². The Morgan fingerprint density at radius 1 is 0.900 bits per heavy atom. The maximum absolute atomic E-state index is 6.10. The Hall–Kier alpha value is -0.0400. The van der Waals surface area contributed by atoms with Crippen molar-refractivity contribution in [3.63, 3.8) is 0 Å². The molecule has 5 saturated carbocycles. The fourth-order valence-electron chi connectivity index (χ4n) is 3.63. The monoisotopic (exact) mass is 137 g/mol. The molecule has 5 atom stereocenters. The van der Waals surface area contributed by atoms with Gasteiger partial charge < -0.3 is 5.73 Å². The van der Waals surface area contributed by atoms with Crippen molar-refractivity contribution >= 4 is 0 Å². The van der Waals surface area contributed by atoms with Gasteiger partial charge in [0.05, 0.1) is 0 Å². The van der Waals surface area contributed by atoms with Crippen LogP contribution in [0.1, 0.15) is 25.7 Å². The van der Waals surface area contributed by atoms with Crippen LogP contribution < -0.4 is 5.73 Å². The third kappa shape index (κ3) is 0.460. The topological polar surface area (TPSA) is 26.0 Å². The van der Waals surface area contributed by atoms with Crippen molar-refractivity contribution in [3.05, 3.63) is 0 Å². The van der Waals surface area contributed by atoms with Gasteiger partial charge in [-0.3, -0.25) is 0 Å². The average Bonchev–Trinajstić information content (AvgIpc) is 1.89. The Kier molecular flexibility index (Phi) is 0.883. The second-order valence-electron chi connectivity index (χ2n) is 4.47. The molecule has 5 aliphatic carbocycles. The molecule has 0 heterocycles. The Balaban J connectivity index is 1.94. The normalized spacial score (nSPS) is 63.9. The van der Waals surface area contributed by atoms with Gasteiger partial charge in [-0.15, -0.1) is 0 Å². The van der Waals surface area contributed by atoms with Gasteiger partial charge in [-0.1, -0.05) is 0 Å². The van der Waals surface area contributed by atoms with E-state index in [0.717, 1.165) is 23.7 Å². The third-order valence-electron chi connectivity index (χ3n) is 4.25. The lowest BCUT2D eigenvalue weighted by Gasteiger charge is -2.60. The van der Waals surface area contributed by atoms with Gasteiger partial charge in [0.25, 0.3) is 0 Å². The summed E-state index contributed by atoms with van der Waals surface area (Å²) in [5.74, 6) is 4.06. The lowest BCUT2D eigenvalue weighted by atomic mass is 9.46. The average molecular weight is 137 g/mol. The zero-order valence-electron chi connectivity index (χ0n) is 6.29. The number of fused-ring (bicyclic) bond motifs is 1. The van der Waals surface area contributed by atoms with E-state index in [-0.39, 0.29) is 0 Å². The van der Waals surface area contributed by atoms with E-state index in [9.17, 15) is 0 Å². The first-order valence-electron chi connectivity index (χ1n) is 4.62. The van der Waals surface area contributed by atoms with Crippen LogP contribution in [-0.2, 0) is 0 Å². The summed E-state index contributed by atoms with van der Waals surface area (Å²) in [5.41, 5.74) is 6.10. The van der Waals surface area contributed by atoms with Crippen molar-refractivity contribution in [1.29, 1.82) is 0 Å². The first kappa shape index (κ1) is 5.59. The Morgan fingerprint density at radius 3 is 2.20 bits per heavy atom. The van der Waals surface area contributed by atoms with Crippen LogP contribution >= 0.6 is 0 Å². The molecule has 2 N–H and O–H groups in total. The predicted octanol–water partition coefficient (Wildman–Crippen LogP) is 1.38. The number of hydrogen-bond donors (Lipinski definition) is 1. The van der Waals surface area contributed by atoms with Crippen LogP contribution in [0, 0.1) is 23.7 Å². The lowest BCUT2D eigenvalue weighted by Crippen LogP contribution is -2.60. The Morgan fingerprint density at radius 2 is 1.80 bits per heavy atom. The molecule has 4 bridgehead atoms. The summed E-state index contributed by atoms with van der Waals surface area (Å²) in [6.45, 7) is 0. The van der Waals surface area contributed by atoms with E-state index in [0.29, 0.717) is 6.04 Å². The van der Waals surface area contributed by atoms with E-state index >= 15 is 0 Å². The first-order valence-corrected chi connectivity index (χ1v) is 4.62. The summed E-state index contributed by atoms with van der Waals surface area (Å²) in [4.78, 5) is 0. The van der Waals surface area contributed by atoms with E-state index in [1.54, 1.807) is 0 Å². The smallest absolute Gasteiger partial charge is 0.00985 e. The van der Waals surface area contributed by atoms with Gasteiger partial charge in [-0.25, -0.2) is 0 Å². The van der Waals surface area contributed by atoms with Gasteiger partial charge in [-0.2, -0.15) is 0 Å². The van der Waals surface area contributed by atoms with Crippen LogP contribution in [0.25, 0.3) is 0 Å². The molecule has 1 heteroatoms. The van der Waals surface area contributed by atoms with E-state index in [4.69, 9.17) is 5.73 Å². The van der Waals surface area contributed by atoms with Crippen molar-refractivity contribution in [3.8, 4) is 0 Å². The first-order chi connectivity index (χ1) is 4.86. The second kappa shape index (κ2) is 1.58. The van der Waals surface area contributed by atoms with Crippen LogP contribution in [0.3, 0.4) is 0 Å². The third-order valence-corrected chi connectivity index (χ3v) is 4.25. The summed E-state index contributed by atoms with van der Waals surface area (Å²) in [6.07, 6.45) is 5.90. The highest BCUT2D eigenvalue weighted by Crippen LogP contribution is 2.59. The van der Waals surface area contributed by atoms with E-state index in [1.165, 1.54) is 25.7 Å². The lowest BCUT2D eigenvalue weighted by molar-refractivity contribution is -0.0863. The minimum absolute atomic E-state index is 0.601. The van der Waals surface area contributed by atoms with Gasteiger partial charge in [-0.05, 0) is 49.4 Å². The molecule has 0 aromatic carbocycles. The van der Waals surface area contributed by atoms with Gasteiger partial charge in [0.1, 0.15) is 0 Å². The second-order valence-corrected chi connectivity index (χ2v) is 4.47. The Bertz CT molecular complexity index is 152. The quantitative estimate of drug-likeness (QED) is 0.536. The minimum atomic E-state index is 0.601. The molecule has 0 saturated heterocycles. The maximum atomic E-state index is 6.10. The molecule has 5 aliphatic rings. The molecule has 1 nitrogen and oxygen atoms in total. The maximum Gasteiger partial charge on any atom is 0.00985 e. The molecule has 5 rings (SSSR count). The van der Waals surface area contributed by atoms with Gasteiger partial charge in [0, 0.05) is 6.04 Å². The largest absolute Gasteiger partial charge is 0.327 e. The number of rotatable bonds is 0. The van der Waals surface area contributed by atoms with Crippen molar-refractivity contribution in [1.82, 2.24) is 0 Å². The SMILES string of the molecule is NC1C2CCC3C(C2)CC13. The van der Waals surface area contributed by atoms with Crippen molar-refractivity contribution in [2.75, 3.05) is 0 Å². The van der Waals surface area contributed by atoms with Crippen LogP contribution in [0.15, 0.2) is 0 Å². The molecule has 5 fully saturated rings. The molecule has 0 radical (unpaired) electrons. The predicted molar refractivity (Wildman–Crippen MR) is 40.4 cm³/mol.